The normalized spacial score (nSPS) is 11.9. The first-order valence-corrected chi connectivity index (χ1v) is 17.5. The fourth-order valence-electron chi connectivity index (χ4n) is 4.45. The summed E-state index contributed by atoms with van der Waals surface area (Å²) in [5.41, 5.74) is 3.06. The van der Waals surface area contributed by atoms with Crippen molar-refractivity contribution in [3.63, 3.8) is 0 Å². The molecule has 0 spiro atoms. The van der Waals surface area contributed by atoms with E-state index in [1.54, 1.807) is 23.5 Å². The van der Waals surface area contributed by atoms with E-state index in [1.165, 1.54) is 75.2 Å². The molecule has 3 rings (SSSR count). The van der Waals surface area contributed by atoms with Gasteiger partial charge in [-0.05, 0) is 25.5 Å². The molecular weight excluding hydrogens is 600 g/mol. The number of benzene rings is 2. The monoisotopic (exact) mass is 642 g/mol. The lowest BCUT2D eigenvalue weighted by molar-refractivity contribution is -0.683. The van der Waals surface area contributed by atoms with Gasteiger partial charge in [-0.2, -0.15) is 4.57 Å². The molecule has 10 heteroatoms. The van der Waals surface area contributed by atoms with Crippen LogP contribution in [0, 0.1) is 6.92 Å². The van der Waals surface area contributed by atoms with Gasteiger partial charge in [-0.3, -0.25) is 0 Å². The van der Waals surface area contributed by atoms with Crippen molar-refractivity contribution in [1.82, 2.24) is 0 Å². The average molecular weight is 644 g/mol. The zero-order valence-electron chi connectivity index (χ0n) is 24.2. The number of unbranched alkanes of at least 4 members (excludes halogenated alkanes) is 11. The van der Waals surface area contributed by atoms with Gasteiger partial charge in [0.1, 0.15) is 11.5 Å². The van der Waals surface area contributed by atoms with Gasteiger partial charge in [-0.15, -0.1) is 0 Å². The van der Waals surface area contributed by atoms with Crippen molar-refractivity contribution in [2.24, 2.45) is 0 Å². The molecule has 0 saturated heterocycles. The van der Waals surface area contributed by atoms with Gasteiger partial charge in [-0.25, -0.2) is 4.57 Å². The van der Waals surface area contributed by atoms with Crippen LogP contribution in [0.4, 0.5) is 0 Å². The Morgan fingerprint density at radius 1 is 0.854 bits per heavy atom. The van der Waals surface area contributed by atoms with Crippen molar-refractivity contribution in [3.8, 4) is 17.2 Å². The van der Waals surface area contributed by atoms with Crippen molar-refractivity contribution >= 4 is 42.8 Å². The second kappa shape index (κ2) is 19.4. The van der Waals surface area contributed by atoms with Crippen LogP contribution in [0.15, 0.2) is 48.1 Å². The summed E-state index contributed by atoms with van der Waals surface area (Å²) in [6, 6.07) is 10.4. The third kappa shape index (κ3) is 13.4. The molecular formula is C31H43Cl2NO5PS+. The predicted octanol–water partition coefficient (Wildman–Crippen LogP) is 10.6. The summed E-state index contributed by atoms with van der Waals surface area (Å²) >= 11 is 14.4. The summed E-state index contributed by atoms with van der Waals surface area (Å²) in [6.07, 6.45) is 17.5. The Morgan fingerprint density at radius 2 is 1.49 bits per heavy atom. The highest BCUT2D eigenvalue weighted by atomic mass is 35.5. The molecule has 0 N–H and O–H groups in total. The molecule has 0 saturated carbocycles. The van der Waals surface area contributed by atoms with Crippen LogP contribution in [0.3, 0.4) is 0 Å². The third-order valence-corrected chi connectivity index (χ3v) is 8.69. The zero-order valence-corrected chi connectivity index (χ0v) is 27.5. The van der Waals surface area contributed by atoms with E-state index in [0.29, 0.717) is 29.7 Å². The molecule has 1 atom stereocenters. The van der Waals surface area contributed by atoms with Gasteiger partial charge in [0.15, 0.2) is 18.5 Å². The van der Waals surface area contributed by atoms with Gasteiger partial charge in [0.25, 0.3) is 0 Å². The van der Waals surface area contributed by atoms with Crippen LogP contribution in [0.1, 0.15) is 94.4 Å². The first kappa shape index (κ1) is 33.7. The fourth-order valence-corrected chi connectivity index (χ4v) is 5.99. The summed E-state index contributed by atoms with van der Waals surface area (Å²) < 4.78 is 30.7. The molecule has 0 aliphatic heterocycles. The van der Waals surface area contributed by atoms with E-state index >= 15 is 0 Å². The Bertz CT molecular complexity index is 1210. The van der Waals surface area contributed by atoms with Gasteiger partial charge in [-0.1, -0.05) is 129 Å². The minimum Gasteiger partial charge on any atom is -0.492 e. The third-order valence-electron chi connectivity index (χ3n) is 6.63. The summed E-state index contributed by atoms with van der Waals surface area (Å²) in [6.45, 7) is 5.57. The Balaban J connectivity index is 1.32. The van der Waals surface area contributed by atoms with Gasteiger partial charge in [0.05, 0.1) is 21.5 Å². The van der Waals surface area contributed by atoms with Gasteiger partial charge in [0.2, 0.25) is 5.51 Å². The summed E-state index contributed by atoms with van der Waals surface area (Å²) in [5.74, 6) is 1.04. The van der Waals surface area contributed by atoms with E-state index in [9.17, 15) is 4.57 Å². The molecule has 41 heavy (non-hydrogen) atoms. The second-order valence-electron chi connectivity index (χ2n) is 10.3. The lowest BCUT2D eigenvalue weighted by Crippen LogP contribution is -2.30. The standard InChI is InChI=1S/C31H43Cl2NO5PS/c1-3-4-5-6-7-8-9-10-11-12-13-14-18-36-30-20-29(33)31(21-28(30)32)37-39-40(35)38-27-17-15-16-26(19-27)23-34-22-25(2)41-24-34/h15-17,19-22,24,40H,3-14,18,23H2,1-2H3/q+1. The summed E-state index contributed by atoms with van der Waals surface area (Å²) in [5, 5.41) is 0.570. The Labute approximate surface area is 259 Å². The predicted molar refractivity (Wildman–Crippen MR) is 169 cm³/mol. The molecule has 0 fully saturated rings. The topological polar surface area (TPSA) is 57.9 Å². The lowest BCUT2D eigenvalue weighted by Gasteiger charge is -2.12. The largest absolute Gasteiger partial charge is 0.492 e. The van der Waals surface area contributed by atoms with E-state index in [1.807, 2.05) is 23.7 Å². The maximum atomic E-state index is 12.4. The van der Waals surface area contributed by atoms with Crippen LogP contribution < -0.4 is 18.7 Å². The van der Waals surface area contributed by atoms with Crippen LogP contribution in [-0.2, 0) is 15.8 Å². The van der Waals surface area contributed by atoms with Crippen molar-refractivity contribution < 1.29 is 28.0 Å². The number of aromatic nitrogens is 1. The Kier molecular flexibility index (Phi) is 16.0. The molecule has 3 aromatic rings. The van der Waals surface area contributed by atoms with Gasteiger partial charge in [0, 0.05) is 17.7 Å². The SMILES string of the molecule is CCCCCCCCCCCCCCOc1cc(Cl)c(OO[PH](=O)Oc2cccc(C[n+]3csc(C)c3)c2)cc1Cl. The highest BCUT2D eigenvalue weighted by Gasteiger charge is 2.14. The fraction of sp³-hybridized carbons (Fsp3) is 0.516. The van der Waals surface area contributed by atoms with Crippen molar-refractivity contribution in [2.75, 3.05) is 6.61 Å². The van der Waals surface area contributed by atoms with Crippen LogP contribution in [0.2, 0.25) is 10.0 Å². The maximum absolute atomic E-state index is 12.4. The second-order valence-corrected chi connectivity index (χ2v) is 13.0. The molecule has 6 nitrogen and oxygen atoms in total. The van der Waals surface area contributed by atoms with Crippen molar-refractivity contribution in [3.05, 3.63) is 68.6 Å². The van der Waals surface area contributed by atoms with Crippen LogP contribution in [-0.4, -0.2) is 6.61 Å². The molecule has 0 radical (unpaired) electrons. The van der Waals surface area contributed by atoms with Gasteiger partial charge >= 0.3 is 8.25 Å². The van der Waals surface area contributed by atoms with E-state index in [4.69, 9.17) is 42.0 Å². The molecule has 0 bridgehead atoms. The van der Waals surface area contributed by atoms with E-state index in [0.717, 1.165) is 18.4 Å². The van der Waals surface area contributed by atoms with Crippen LogP contribution >= 0.6 is 42.8 Å². The number of aryl methyl sites for hydroxylation is 1. The number of hydrogen-bond donors (Lipinski definition) is 0. The summed E-state index contributed by atoms with van der Waals surface area (Å²) in [7, 11) is -3.01. The molecule has 2 aromatic carbocycles. The van der Waals surface area contributed by atoms with Crippen molar-refractivity contribution in [1.29, 1.82) is 0 Å². The first-order chi connectivity index (χ1) is 19.9. The smallest absolute Gasteiger partial charge is 0.405 e. The average Bonchev–Trinajstić information content (AvgIpc) is 3.36. The number of ether oxygens (including phenoxy) is 1. The highest BCUT2D eigenvalue weighted by molar-refractivity contribution is 7.33. The minimum atomic E-state index is -3.01. The number of hydrogen-bond acceptors (Lipinski definition) is 6. The Hall–Kier alpha value is -1.76. The molecule has 0 aliphatic rings. The molecule has 0 amide bonds. The van der Waals surface area contributed by atoms with E-state index in [2.05, 4.69) is 24.6 Å². The van der Waals surface area contributed by atoms with Crippen LogP contribution in [0.25, 0.3) is 0 Å². The number of nitrogens with zero attached hydrogens (tertiary/aromatic N) is 1. The van der Waals surface area contributed by atoms with E-state index in [-0.39, 0.29) is 10.8 Å². The quantitative estimate of drug-likeness (QED) is 0.0380. The molecule has 0 aliphatic carbocycles. The number of halogens is 2. The Morgan fingerprint density at radius 3 is 2.15 bits per heavy atom. The molecule has 1 aromatic heterocycles. The van der Waals surface area contributed by atoms with Crippen molar-refractivity contribution in [2.45, 2.75) is 97.4 Å². The lowest BCUT2D eigenvalue weighted by atomic mass is 10.1. The molecule has 1 unspecified atom stereocenters. The molecule has 226 valence electrons. The maximum Gasteiger partial charge on any atom is 0.405 e. The van der Waals surface area contributed by atoms with E-state index < -0.39 is 8.25 Å². The van der Waals surface area contributed by atoms with Crippen LogP contribution in [0.5, 0.6) is 17.2 Å². The number of thiazole rings is 1. The number of rotatable bonds is 21. The zero-order chi connectivity index (χ0) is 29.3. The van der Waals surface area contributed by atoms with Gasteiger partial charge < -0.3 is 14.1 Å². The first-order valence-electron chi connectivity index (χ1n) is 14.7. The summed E-state index contributed by atoms with van der Waals surface area (Å²) in [4.78, 5) is 6.42. The molecule has 1 heterocycles. The highest BCUT2D eigenvalue weighted by Crippen LogP contribution is 2.38. The minimum absolute atomic E-state index is 0.134.